The van der Waals surface area contributed by atoms with Crippen molar-refractivity contribution in [3.63, 3.8) is 0 Å². The monoisotopic (exact) mass is 309 g/mol. The first-order valence-electron chi connectivity index (χ1n) is 8.22. The zero-order chi connectivity index (χ0) is 15.6. The van der Waals surface area contributed by atoms with E-state index in [2.05, 4.69) is 27.0 Å². The minimum absolute atomic E-state index is 0.175. The standard InChI is InChI=1S/C19H20FN3/c20-16-8-6-14(7-9-16)13-23-11-2-1-5-18(23)17-12-15-4-3-10-21-19(15)22-17/h3-4,6-10,12,18H,1-2,5,11,13H2,(H,21,22). The predicted molar refractivity (Wildman–Crippen MR) is 89.5 cm³/mol. The molecule has 4 rings (SSSR count). The first kappa shape index (κ1) is 14.4. The summed E-state index contributed by atoms with van der Waals surface area (Å²) >= 11 is 0. The molecule has 4 heteroatoms. The van der Waals surface area contributed by atoms with E-state index in [0.717, 1.165) is 36.1 Å². The van der Waals surface area contributed by atoms with Crippen LogP contribution in [0.1, 0.15) is 36.6 Å². The van der Waals surface area contributed by atoms with E-state index >= 15 is 0 Å². The maximum absolute atomic E-state index is 13.1. The molecule has 1 aromatic carbocycles. The molecule has 23 heavy (non-hydrogen) atoms. The fourth-order valence-corrected chi connectivity index (χ4v) is 3.52. The average Bonchev–Trinajstić information content (AvgIpc) is 3.01. The van der Waals surface area contributed by atoms with Gasteiger partial charge in [0.25, 0.3) is 0 Å². The van der Waals surface area contributed by atoms with Crippen molar-refractivity contribution in [1.29, 1.82) is 0 Å². The number of aromatic amines is 1. The number of H-pyrrole nitrogens is 1. The molecule has 1 unspecified atom stereocenters. The Morgan fingerprint density at radius 3 is 2.87 bits per heavy atom. The lowest BCUT2D eigenvalue weighted by atomic mass is 9.98. The molecule has 3 heterocycles. The number of nitrogens with zero attached hydrogens (tertiary/aromatic N) is 2. The first-order chi connectivity index (χ1) is 11.3. The number of nitrogens with one attached hydrogen (secondary N) is 1. The van der Waals surface area contributed by atoms with Gasteiger partial charge < -0.3 is 4.98 Å². The fourth-order valence-electron chi connectivity index (χ4n) is 3.52. The number of rotatable bonds is 3. The molecule has 0 spiro atoms. The molecular formula is C19H20FN3. The Labute approximate surface area is 135 Å². The SMILES string of the molecule is Fc1ccc(CN2CCCCC2c2cc3cccnc3[nH]2)cc1. The van der Waals surface area contributed by atoms with Gasteiger partial charge in [0.2, 0.25) is 0 Å². The zero-order valence-electron chi connectivity index (χ0n) is 13.0. The topological polar surface area (TPSA) is 31.9 Å². The van der Waals surface area contributed by atoms with Crippen molar-refractivity contribution in [2.24, 2.45) is 0 Å². The number of halogens is 1. The number of pyridine rings is 1. The van der Waals surface area contributed by atoms with E-state index in [4.69, 9.17) is 0 Å². The first-order valence-corrected chi connectivity index (χ1v) is 8.22. The van der Waals surface area contributed by atoms with Gasteiger partial charge in [0.15, 0.2) is 0 Å². The van der Waals surface area contributed by atoms with Crippen molar-refractivity contribution in [2.75, 3.05) is 6.54 Å². The van der Waals surface area contributed by atoms with Crippen molar-refractivity contribution >= 4 is 11.0 Å². The van der Waals surface area contributed by atoms with Crippen LogP contribution < -0.4 is 0 Å². The van der Waals surface area contributed by atoms with E-state index in [-0.39, 0.29) is 5.82 Å². The van der Waals surface area contributed by atoms with Crippen LogP contribution in [0.4, 0.5) is 4.39 Å². The van der Waals surface area contributed by atoms with Crippen LogP contribution in [0.15, 0.2) is 48.7 Å². The number of hydrogen-bond acceptors (Lipinski definition) is 2. The van der Waals surface area contributed by atoms with E-state index in [1.165, 1.54) is 18.5 Å². The molecule has 1 aliphatic rings. The highest BCUT2D eigenvalue weighted by Crippen LogP contribution is 2.33. The molecule has 1 saturated heterocycles. The van der Waals surface area contributed by atoms with E-state index in [9.17, 15) is 4.39 Å². The highest BCUT2D eigenvalue weighted by molar-refractivity contribution is 5.76. The molecule has 3 nitrogen and oxygen atoms in total. The fraction of sp³-hybridized carbons (Fsp3) is 0.316. The Balaban J connectivity index is 1.60. The predicted octanol–water partition coefficient (Wildman–Crippen LogP) is 4.43. The number of fused-ring (bicyclic) bond motifs is 1. The quantitative estimate of drug-likeness (QED) is 0.776. The van der Waals surface area contributed by atoms with Crippen molar-refractivity contribution < 1.29 is 4.39 Å². The molecule has 1 atom stereocenters. The number of aromatic nitrogens is 2. The molecule has 1 N–H and O–H groups in total. The Morgan fingerprint density at radius 2 is 2.04 bits per heavy atom. The van der Waals surface area contributed by atoms with Crippen molar-refractivity contribution in [3.05, 3.63) is 65.7 Å². The van der Waals surface area contributed by atoms with Crippen LogP contribution in [0.2, 0.25) is 0 Å². The maximum atomic E-state index is 13.1. The summed E-state index contributed by atoms with van der Waals surface area (Å²) in [6, 6.07) is 13.5. The number of likely N-dealkylation sites (tertiary alicyclic amines) is 1. The van der Waals surface area contributed by atoms with Gasteiger partial charge in [-0.1, -0.05) is 18.6 Å². The normalized spacial score (nSPS) is 19.3. The molecule has 1 aliphatic heterocycles. The molecule has 0 amide bonds. The van der Waals surface area contributed by atoms with Crippen molar-refractivity contribution in [3.8, 4) is 0 Å². The molecule has 0 saturated carbocycles. The molecule has 2 aromatic heterocycles. The Hall–Kier alpha value is -2.20. The third-order valence-electron chi connectivity index (χ3n) is 4.68. The average molecular weight is 309 g/mol. The van der Waals surface area contributed by atoms with Crippen molar-refractivity contribution in [2.45, 2.75) is 31.8 Å². The van der Waals surface area contributed by atoms with Gasteiger partial charge in [-0.15, -0.1) is 0 Å². The molecule has 118 valence electrons. The second-order valence-electron chi connectivity index (χ2n) is 6.27. The Kier molecular flexibility index (Phi) is 3.83. The van der Waals surface area contributed by atoms with Gasteiger partial charge in [-0.05, 0) is 55.3 Å². The van der Waals surface area contributed by atoms with Crippen LogP contribution in [-0.2, 0) is 6.54 Å². The van der Waals surface area contributed by atoms with Gasteiger partial charge in [-0.3, -0.25) is 4.90 Å². The van der Waals surface area contributed by atoms with Crippen molar-refractivity contribution in [1.82, 2.24) is 14.9 Å². The highest BCUT2D eigenvalue weighted by Gasteiger charge is 2.25. The van der Waals surface area contributed by atoms with Crippen LogP contribution in [0.5, 0.6) is 0 Å². The van der Waals surface area contributed by atoms with Crippen LogP contribution >= 0.6 is 0 Å². The summed E-state index contributed by atoms with van der Waals surface area (Å²) in [7, 11) is 0. The lowest BCUT2D eigenvalue weighted by molar-refractivity contribution is 0.138. The zero-order valence-corrected chi connectivity index (χ0v) is 13.0. The minimum atomic E-state index is -0.175. The summed E-state index contributed by atoms with van der Waals surface area (Å²) in [6.45, 7) is 1.93. The number of benzene rings is 1. The van der Waals surface area contributed by atoms with E-state index < -0.39 is 0 Å². The second kappa shape index (κ2) is 6.13. The number of piperidine rings is 1. The molecule has 0 radical (unpaired) electrons. The molecule has 3 aromatic rings. The summed E-state index contributed by atoms with van der Waals surface area (Å²) in [5, 5.41) is 1.16. The smallest absolute Gasteiger partial charge is 0.137 e. The van der Waals surface area contributed by atoms with E-state index in [1.807, 2.05) is 24.4 Å². The van der Waals surface area contributed by atoms with Gasteiger partial charge in [0.05, 0.1) is 6.04 Å². The third kappa shape index (κ3) is 2.99. The molecule has 0 aliphatic carbocycles. The van der Waals surface area contributed by atoms with E-state index in [0.29, 0.717) is 6.04 Å². The summed E-state index contributed by atoms with van der Waals surface area (Å²) in [4.78, 5) is 10.4. The summed E-state index contributed by atoms with van der Waals surface area (Å²) in [5.41, 5.74) is 3.35. The highest BCUT2D eigenvalue weighted by atomic mass is 19.1. The number of hydrogen-bond donors (Lipinski definition) is 1. The van der Waals surface area contributed by atoms with Crippen LogP contribution in [0.25, 0.3) is 11.0 Å². The van der Waals surface area contributed by atoms with Crippen LogP contribution in [-0.4, -0.2) is 21.4 Å². The van der Waals surface area contributed by atoms with Crippen LogP contribution in [0.3, 0.4) is 0 Å². The van der Waals surface area contributed by atoms with Gasteiger partial charge >= 0.3 is 0 Å². The summed E-state index contributed by atoms with van der Waals surface area (Å²) < 4.78 is 13.1. The van der Waals surface area contributed by atoms with E-state index in [1.54, 1.807) is 12.1 Å². The van der Waals surface area contributed by atoms with Gasteiger partial charge in [0.1, 0.15) is 11.5 Å². The lowest BCUT2D eigenvalue weighted by Gasteiger charge is -2.35. The summed E-state index contributed by atoms with van der Waals surface area (Å²) in [5.74, 6) is -0.175. The second-order valence-corrected chi connectivity index (χ2v) is 6.27. The lowest BCUT2D eigenvalue weighted by Crippen LogP contribution is -2.33. The van der Waals surface area contributed by atoms with Gasteiger partial charge in [-0.25, -0.2) is 9.37 Å². The third-order valence-corrected chi connectivity index (χ3v) is 4.68. The molecule has 1 fully saturated rings. The minimum Gasteiger partial charge on any atom is -0.342 e. The van der Waals surface area contributed by atoms with Gasteiger partial charge in [0, 0.05) is 23.8 Å². The van der Waals surface area contributed by atoms with Crippen LogP contribution in [0, 0.1) is 5.82 Å². The molecule has 0 bridgehead atoms. The maximum Gasteiger partial charge on any atom is 0.137 e. The van der Waals surface area contributed by atoms with Gasteiger partial charge in [-0.2, -0.15) is 0 Å². The largest absolute Gasteiger partial charge is 0.342 e. The molecular weight excluding hydrogens is 289 g/mol. The summed E-state index contributed by atoms with van der Waals surface area (Å²) in [6.07, 6.45) is 5.43. The Morgan fingerprint density at radius 1 is 1.17 bits per heavy atom. The Bertz CT molecular complexity index is 761.